The van der Waals surface area contributed by atoms with Gasteiger partial charge in [-0.3, -0.25) is 14.4 Å². The highest BCUT2D eigenvalue weighted by atomic mass is 35.5. The van der Waals surface area contributed by atoms with Gasteiger partial charge in [0.15, 0.2) is 0 Å². The fourth-order valence-electron chi connectivity index (χ4n) is 2.16. The predicted molar refractivity (Wildman–Crippen MR) is 106 cm³/mol. The minimum atomic E-state index is -0.996. The molecular formula is C18H17Cl2N3O5. The molecule has 148 valence electrons. The number of benzene rings is 2. The maximum atomic E-state index is 12.1. The summed E-state index contributed by atoms with van der Waals surface area (Å²) in [4.78, 5) is 35.9. The molecule has 0 bridgehead atoms. The number of carbonyl (C=O) groups excluding carboxylic acids is 3. The number of nitrogens with one attached hydrogen (secondary N) is 3. The van der Waals surface area contributed by atoms with Crippen LogP contribution < -0.4 is 25.4 Å². The highest BCUT2D eigenvalue weighted by Gasteiger charge is 2.16. The molecule has 0 atom stereocenters. The number of methoxy groups -OCH3 is 2. The maximum absolute atomic E-state index is 12.1. The summed E-state index contributed by atoms with van der Waals surface area (Å²) in [6, 6.07) is 9.20. The first-order chi connectivity index (χ1) is 13.3. The molecule has 28 heavy (non-hydrogen) atoms. The number of rotatable bonds is 6. The third-order valence-corrected chi connectivity index (χ3v) is 3.85. The molecular weight excluding hydrogens is 409 g/mol. The summed E-state index contributed by atoms with van der Waals surface area (Å²) in [6.45, 7) is -0.428. The van der Waals surface area contributed by atoms with E-state index >= 15 is 0 Å². The van der Waals surface area contributed by atoms with Gasteiger partial charge in [-0.1, -0.05) is 23.2 Å². The molecule has 2 aromatic rings. The van der Waals surface area contributed by atoms with Gasteiger partial charge in [0, 0.05) is 21.8 Å². The molecule has 2 aromatic carbocycles. The van der Waals surface area contributed by atoms with Crippen LogP contribution in [-0.2, 0) is 14.4 Å². The minimum Gasteiger partial charge on any atom is -0.497 e. The van der Waals surface area contributed by atoms with E-state index in [1.54, 1.807) is 18.2 Å². The van der Waals surface area contributed by atoms with Gasteiger partial charge in [-0.15, -0.1) is 0 Å². The maximum Gasteiger partial charge on any atom is 0.313 e. The Morgan fingerprint density at radius 3 is 2.18 bits per heavy atom. The van der Waals surface area contributed by atoms with E-state index in [0.717, 1.165) is 0 Å². The minimum absolute atomic E-state index is 0.253. The molecule has 0 aliphatic rings. The van der Waals surface area contributed by atoms with Gasteiger partial charge in [0.2, 0.25) is 5.91 Å². The monoisotopic (exact) mass is 425 g/mol. The lowest BCUT2D eigenvalue weighted by atomic mass is 10.2. The fourth-order valence-corrected chi connectivity index (χ4v) is 2.69. The Bertz CT molecular complexity index is 885. The van der Waals surface area contributed by atoms with E-state index in [1.165, 1.54) is 32.4 Å². The van der Waals surface area contributed by atoms with Gasteiger partial charge in [-0.05, 0) is 30.3 Å². The van der Waals surface area contributed by atoms with Crippen LogP contribution in [0.15, 0.2) is 36.4 Å². The highest BCUT2D eigenvalue weighted by molar-refractivity contribution is 6.40. The van der Waals surface area contributed by atoms with Crippen molar-refractivity contribution in [3.05, 3.63) is 46.4 Å². The first-order valence-corrected chi connectivity index (χ1v) is 8.65. The number of hydrogen-bond acceptors (Lipinski definition) is 5. The summed E-state index contributed by atoms with van der Waals surface area (Å²) in [7, 11) is 2.94. The van der Waals surface area contributed by atoms with Crippen LogP contribution in [0.5, 0.6) is 11.5 Å². The SMILES string of the molecule is COc1ccc(OC)c(NC(=O)CNC(=O)C(=O)Nc2cc(Cl)cc(Cl)c2)c1. The molecule has 0 aliphatic heterocycles. The summed E-state index contributed by atoms with van der Waals surface area (Å²) in [5.41, 5.74) is 0.613. The van der Waals surface area contributed by atoms with Crippen LogP contribution in [0.3, 0.4) is 0 Å². The second-order valence-corrected chi connectivity index (χ2v) is 6.28. The zero-order valence-corrected chi connectivity index (χ0v) is 16.5. The van der Waals surface area contributed by atoms with Crippen molar-refractivity contribution in [3.8, 4) is 11.5 Å². The van der Waals surface area contributed by atoms with Crippen LogP contribution in [0.25, 0.3) is 0 Å². The van der Waals surface area contributed by atoms with Crippen molar-refractivity contribution < 1.29 is 23.9 Å². The quantitative estimate of drug-likeness (QED) is 0.616. The van der Waals surface area contributed by atoms with Gasteiger partial charge in [0.1, 0.15) is 11.5 Å². The molecule has 3 N–H and O–H groups in total. The molecule has 0 aromatic heterocycles. The zero-order valence-electron chi connectivity index (χ0n) is 15.0. The van der Waals surface area contributed by atoms with Gasteiger partial charge in [-0.25, -0.2) is 0 Å². The van der Waals surface area contributed by atoms with E-state index in [4.69, 9.17) is 32.7 Å². The Kier molecular flexibility index (Phi) is 7.48. The summed E-state index contributed by atoms with van der Waals surface area (Å²) in [5.74, 6) is -1.59. The topological polar surface area (TPSA) is 106 Å². The van der Waals surface area contributed by atoms with Crippen molar-refractivity contribution in [2.75, 3.05) is 31.4 Å². The Morgan fingerprint density at radius 1 is 0.893 bits per heavy atom. The third-order valence-electron chi connectivity index (χ3n) is 3.42. The first-order valence-electron chi connectivity index (χ1n) is 7.89. The van der Waals surface area contributed by atoms with Crippen LogP contribution in [0.2, 0.25) is 10.0 Å². The van der Waals surface area contributed by atoms with Crippen LogP contribution >= 0.6 is 23.2 Å². The third kappa shape index (κ3) is 6.04. The molecule has 3 amide bonds. The van der Waals surface area contributed by atoms with E-state index < -0.39 is 24.3 Å². The van der Waals surface area contributed by atoms with Crippen LogP contribution in [-0.4, -0.2) is 38.5 Å². The van der Waals surface area contributed by atoms with Crippen molar-refractivity contribution in [1.29, 1.82) is 0 Å². The summed E-state index contributed by atoms with van der Waals surface area (Å²) in [5, 5.41) is 7.73. The molecule has 0 aliphatic carbocycles. The molecule has 0 saturated heterocycles. The van der Waals surface area contributed by atoms with Crippen LogP contribution in [0, 0.1) is 0 Å². The molecule has 10 heteroatoms. The van der Waals surface area contributed by atoms with Gasteiger partial charge in [0.25, 0.3) is 0 Å². The Morgan fingerprint density at radius 2 is 1.57 bits per heavy atom. The molecule has 0 heterocycles. The molecule has 0 spiro atoms. The van der Waals surface area contributed by atoms with Crippen LogP contribution in [0.1, 0.15) is 0 Å². The van der Waals surface area contributed by atoms with E-state index in [0.29, 0.717) is 27.2 Å². The number of amides is 3. The summed E-state index contributed by atoms with van der Waals surface area (Å²) in [6.07, 6.45) is 0. The molecule has 2 rings (SSSR count). The fraction of sp³-hybridized carbons (Fsp3) is 0.167. The van der Waals surface area contributed by atoms with Gasteiger partial charge >= 0.3 is 11.8 Å². The molecule has 8 nitrogen and oxygen atoms in total. The second kappa shape index (κ2) is 9.82. The lowest BCUT2D eigenvalue weighted by molar-refractivity contribution is -0.136. The molecule has 0 saturated carbocycles. The number of anilines is 2. The Labute approximate surface area is 171 Å². The van der Waals surface area contributed by atoms with Crippen molar-refractivity contribution in [2.45, 2.75) is 0 Å². The summed E-state index contributed by atoms with van der Waals surface area (Å²) < 4.78 is 10.2. The van der Waals surface area contributed by atoms with Gasteiger partial charge in [-0.2, -0.15) is 0 Å². The number of hydrogen-bond donors (Lipinski definition) is 3. The molecule has 0 unspecified atom stereocenters. The van der Waals surface area contributed by atoms with Gasteiger partial charge in [0.05, 0.1) is 26.5 Å². The number of carbonyl (C=O) groups is 3. The second-order valence-electron chi connectivity index (χ2n) is 5.41. The van der Waals surface area contributed by atoms with E-state index in [9.17, 15) is 14.4 Å². The molecule has 0 fully saturated rings. The van der Waals surface area contributed by atoms with Crippen molar-refractivity contribution >= 4 is 52.3 Å². The summed E-state index contributed by atoms with van der Waals surface area (Å²) >= 11 is 11.7. The smallest absolute Gasteiger partial charge is 0.313 e. The van der Waals surface area contributed by atoms with Crippen molar-refractivity contribution in [1.82, 2.24) is 5.32 Å². The lowest BCUT2D eigenvalue weighted by Crippen LogP contribution is -2.39. The van der Waals surface area contributed by atoms with E-state index in [1.807, 2.05) is 0 Å². The normalized spacial score (nSPS) is 10.0. The molecule has 0 radical (unpaired) electrons. The van der Waals surface area contributed by atoms with Crippen molar-refractivity contribution in [2.24, 2.45) is 0 Å². The van der Waals surface area contributed by atoms with Crippen LogP contribution in [0.4, 0.5) is 11.4 Å². The lowest BCUT2D eigenvalue weighted by Gasteiger charge is -2.12. The Balaban J connectivity index is 1.91. The van der Waals surface area contributed by atoms with E-state index in [2.05, 4.69) is 16.0 Å². The van der Waals surface area contributed by atoms with Crippen molar-refractivity contribution in [3.63, 3.8) is 0 Å². The number of halogens is 2. The highest BCUT2D eigenvalue weighted by Crippen LogP contribution is 2.28. The predicted octanol–water partition coefficient (Wildman–Crippen LogP) is 2.70. The van der Waals surface area contributed by atoms with Gasteiger partial charge < -0.3 is 25.4 Å². The first kappa shape index (κ1) is 21.3. The zero-order chi connectivity index (χ0) is 20.7. The largest absolute Gasteiger partial charge is 0.497 e. The Hall–Kier alpha value is -2.97. The standard InChI is InChI=1S/C18H17Cl2N3O5/c1-27-13-3-4-15(28-2)14(8-13)23-16(24)9-21-17(25)18(26)22-12-6-10(19)5-11(20)7-12/h3-8H,9H2,1-2H3,(H,21,25)(H,22,26)(H,23,24). The number of ether oxygens (including phenoxy) is 2. The van der Waals surface area contributed by atoms with E-state index in [-0.39, 0.29) is 5.69 Å². The average molecular weight is 426 g/mol. The average Bonchev–Trinajstić information content (AvgIpc) is 2.65.